The van der Waals surface area contributed by atoms with E-state index in [1.165, 1.54) is 11.6 Å². The number of aromatic nitrogens is 2. The van der Waals surface area contributed by atoms with E-state index in [0.29, 0.717) is 18.2 Å². The molecule has 1 aliphatic heterocycles. The molecule has 0 aliphatic carbocycles. The maximum Gasteiger partial charge on any atom is 0.332 e. The lowest BCUT2D eigenvalue weighted by atomic mass is 10.3. The van der Waals surface area contributed by atoms with Crippen LogP contribution in [0.5, 0.6) is 0 Å². The van der Waals surface area contributed by atoms with E-state index in [1.807, 2.05) is 0 Å². The van der Waals surface area contributed by atoms with Gasteiger partial charge in [0.15, 0.2) is 5.69 Å². The summed E-state index contributed by atoms with van der Waals surface area (Å²) >= 11 is 0. The topological polar surface area (TPSA) is 94.4 Å². The zero-order valence-corrected chi connectivity index (χ0v) is 8.44. The third kappa shape index (κ3) is 1.24. The Bertz CT molecular complexity index is 566. The molecule has 0 fully saturated rings. The highest BCUT2D eigenvalue weighted by molar-refractivity contribution is 5.91. The maximum absolute atomic E-state index is 11.7. The van der Waals surface area contributed by atoms with Crippen LogP contribution in [0.4, 0.5) is 11.5 Å². The first-order valence-electron chi connectivity index (χ1n) is 4.39. The normalized spacial score (nSPS) is 14.1. The van der Waals surface area contributed by atoms with Crippen LogP contribution in [-0.2, 0) is 14.1 Å². The van der Waals surface area contributed by atoms with Gasteiger partial charge in [0, 0.05) is 14.1 Å². The lowest BCUT2D eigenvalue weighted by Crippen LogP contribution is -2.40. The van der Waals surface area contributed by atoms with Gasteiger partial charge in [-0.2, -0.15) is 0 Å². The lowest BCUT2D eigenvalue weighted by Gasteiger charge is -2.18. The largest absolute Gasteiger partial charge is 0.386 e. The molecule has 7 nitrogen and oxygen atoms in total. The molecule has 7 heteroatoms. The molecule has 3 N–H and O–H groups in total. The summed E-state index contributed by atoms with van der Waals surface area (Å²) in [6.07, 6.45) is 0. The molecule has 15 heavy (non-hydrogen) atoms. The van der Waals surface area contributed by atoms with Crippen LogP contribution >= 0.6 is 0 Å². The quantitative estimate of drug-likeness (QED) is 0.543. The van der Waals surface area contributed by atoms with Crippen molar-refractivity contribution < 1.29 is 0 Å². The van der Waals surface area contributed by atoms with Crippen LogP contribution in [0.25, 0.3) is 0 Å². The Morgan fingerprint density at radius 2 is 2.00 bits per heavy atom. The Hall–Kier alpha value is -2.05. The van der Waals surface area contributed by atoms with Crippen LogP contribution in [0.15, 0.2) is 14.6 Å². The van der Waals surface area contributed by atoms with Crippen LogP contribution in [-0.4, -0.2) is 21.5 Å². The summed E-state index contributed by atoms with van der Waals surface area (Å²) in [5, 5.41) is 2.88. The number of rotatable bonds is 0. The number of hydrogen-bond acceptors (Lipinski definition) is 5. The van der Waals surface area contributed by atoms with Gasteiger partial charge in [-0.25, -0.2) is 9.79 Å². The molecule has 2 heterocycles. The zero-order chi connectivity index (χ0) is 11.2. The van der Waals surface area contributed by atoms with Crippen molar-refractivity contribution in [1.82, 2.24) is 9.13 Å². The van der Waals surface area contributed by atoms with Crippen molar-refractivity contribution in [3.05, 3.63) is 20.8 Å². The van der Waals surface area contributed by atoms with Gasteiger partial charge in [-0.05, 0) is 0 Å². The Morgan fingerprint density at radius 3 is 2.67 bits per heavy atom. The van der Waals surface area contributed by atoms with Crippen molar-refractivity contribution in [3.63, 3.8) is 0 Å². The molecule has 0 saturated heterocycles. The Labute approximate surface area is 84.9 Å². The fourth-order valence-corrected chi connectivity index (χ4v) is 1.49. The fraction of sp³-hybridized carbons (Fsp3) is 0.375. The minimum Gasteiger partial charge on any atom is -0.386 e. The van der Waals surface area contributed by atoms with E-state index in [2.05, 4.69) is 10.3 Å². The highest BCUT2D eigenvalue weighted by atomic mass is 16.2. The van der Waals surface area contributed by atoms with Gasteiger partial charge in [-0.15, -0.1) is 0 Å². The Balaban J connectivity index is 2.91. The number of fused-ring (bicyclic) bond motifs is 1. The predicted octanol–water partition coefficient (Wildman–Crippen LogP) is -1.50. The van der Waals surface area contributed by atoms with Crippen molar-refractivity contribution in [2.75, 3.05) is 11.9 Å². The maximum atomic E-state index is 11.7. The summed E-state index contributed by atoms with van der Waals surface area (Å²) in [5.41, 5.74) is 4.86. The second-order valence-electron chi connectivity index (χ2n) is 3.36. The van der Waals surface area contributed by atoms with Crippen molar-refractivity contribution in [2.24, 2.45) is 24.8 Å². The molecule has 2 rings (SSSR count). The molecular weight excluding hydrogens is 198 g/mol. The summed E-state index contributed by atoms with van der Waals surface area (Å²) in [4.78, 5) is 27.2. The molecule has 0 aromatic carbocycles. The molecule has 0 radical (unpaired) electrons. The smallest absolute Gasteiger partial charge is 0.332 e. The van der Waals surface area contributed by atoms with E-state index in [-0.39, 0.29) is 11.4 Å². The second kappa shape index (κ2) is 2.97. The number of anilines is 1. The molecule has 0 atom stereocenters. The summed E-state index contributed by atoms with van der Waals surface area (Å²) in [5.74, 6) is 0.746. The van der Waals surface area contributed by atoms with Crippen LogP contribution in [0.3, 0.4) is 0 Å². The summed E-state index contributed by atoms with van der Waals surface area (Å²) < 4.78 is 2.34. The van der Waals surface area contributed by atoms with Gasteiger partial charge in [0.25, 0.3) is 5.56 Å². The number of aliphatic imine (C=N–C) groups is 1. The lowest BCUT2D eigenvalue weighted by molar-refractivity contribution is 0.690. The second-order valence-corrected chi connectivity index (χ2v) is 3.36. The highest BCUT2D eigenvalue weighted by Crippen LogP contribution is 2.19. The standard InChI is InChI=1S/C8H11N5O2/c1-12-6-5(11-4(9)3-10-6)7(14)13(2)8(12)15/h10H,3H2,1-2H3,(H2,9,11). The molecule has 0 saturated carbocycles. The molecule has 0 spiro atoms. The number of amidine groups is 1. The van der Waals surface area contributed by atoms with Gasteiger partial charge in [0.1, 0.15) is 11.7 Å². The molecular formula is C8H11N5O2. The Kier molecular flexibility index (Phi) is 1.88. The monoisotopic (exact) mass is 209 g/mol. The molecule has 1 aromatic rings. The molecule has 1 aliphatic rings. The first kappa shape index (κ1) is 9.50. The van der Waals surface area contributed by atoms with Gasteiger partial charge >= 0.3 is 5.69 Å². The van der Waals surface area contributed by atoms with Gasteiger partial charge in [-0.1, -0.05) is 0 Å². The van der Waals surface area contributed by atoms with Crippen LogP contribution in [0.2, 0.25) is 0 Å². The molecule has 80 valence electrons. The van der Waals surface area contributed by atoms with Crippen LogP contribution in [0, 0.1) is 0 Å². The number of hydrogen-bond donors (Lipinski definition) is 2. The minimum atomic E-state index is -0.441. The SMILES string of the molecule is Cn1c2c(c(=O)n(C)c1=O)N=C(N)CN2. The van der Waals surface area contributed by atoms with Crippen LogP contribution < -0.4 is 22.3 Å². The molecule has 0 bridgehead atoms. The van der Waals surface area contributed by atoms with Crippen molar-refractivity contribution in [3.8, 4) is 0 Å². The molecule has 0 unspecified atom stereocenters. The van der Waals surface area contributed by atoms with E-state index in [4.69, 9.17) is 5.73 Å². The Morgan fingerprint density at radius 1 is 1.33 bits per heavy atom. The van der Waals surface area contributed by atoms with Crippen molar-refractivity contribution in [1.29, 1.82) is 0 Å². The first-order valence-corrected chi connectivity index (χ1v) is 4.39. The number of nitrogens with zero attached hydrogens (tertiary/aromatic N) is 3. The van der Waals surface area contributed by atoms with Crippen molar-refractivity contribution in [2.45, 2.75) is 0 Å². The third-order valence-electron chi connectivity index (χ3n) is 2.33. The van der Waals surface area contributed by atoms with Gasteiger partial charge in [0.05, 0.1) is 6.54 Å². The number of nitrogens with two attached hydrogens (primary N) is 1. The van der Waals surface area contributed by atoms with E-state index < -0.39 is 5.56 Å². The van der Waals surface area contributed by atoms with Gasteiger partial charge in [0.2, 0.25) is 0 Å². The van der Waals surface area contributed by atoms with E-state index in [1.54, 1.807) is 7.05 Å². The molecule has 1 aromatic heterocycles. The third-order valence-corrected chi connectivity index (χ3v) is 2.33. The minimum absolute atomic E-state index is 0.184. The fourth-order valence-electron chi connectivity index (χ4n) is 1.49. The first-order chi connectivity index (χ1) is 7.02. The number of nitrogens with one attached hydrogen (secondary N) is 1. The van der Waals surface area contributed by atoms with E-state index in [9.17, 15) is 9.59 Å². The van der Waals surface area contributed by atoms with E-state index >= 15 is 0 Å². The summed E-state index contributed by atoms with van der Waals surface area (Å²) in [6, 6.07) is 0. The highest BCUT2D eigenvalue weighted by Gasteiger charge is 2.18. The summed E-state index contributed by atoms with van der Waals surface area (Å²) in [6.45, 7) is 0.341. The summed E-state index contributed by atoms with van der Waals surface area (Å²) in [7, 11) is 2.98. The van der Waals surface area contributed by atoms with Gasteiger partial charge in [-0.3, -0.25) is 13.9 Å². The van der Waals surface area contributed by atoms with Crippen LogP contribution in [0.1, 0.15) is 0 Å². The van der Waals surface area contributed by atoms with Crippen molar-refractivity contribution >= 4 is 17.3 Å². The average molecular weight is 209 g/mol. The van der Waals surface area contributed by atoms with Gasteiger partial charge < -0.3 is 11.1 Å². The average Bonchev–Trinajstić information content (AvgIpc) is 2.23. The zero-order valence-electron chi connectivity index (χ0n) is 8.44. The molecule has 0 amide bonds. The van der Waals surface area contributed by atoms with E-state index in [0.717, 1.165) is 4.57 Å². The predicted molar refractivity (Wildman–Crippen MR) is 56.7 cm³/mol.